The number of aryl methyl sites for hydroxylation is 1. The highest BCUT2D eigenvalue weighted by Crippen LogP contribution is 2.13. The van der Waals surface area contributed by atoms with Crippen molar-refractivity contribution in [2.24, 2.45) is 10.9 Å². The molecule has 1 atom stereocenters. The second-order valence-corrected chi connectivity index (χ2v) is 6.98. The number of aliphatic imine (C=N–C) groups is 1. The third kappa shape index (κ3) is 11.4. The van der Waals surface area contributed by atoms with Crippen LogP contribution in [0, 0.1) is 5.92 Å². The molecule has 3 N–H and O–H groups in total. The molecule has 0 saturated heterocycles. The lowest BCUT2D eigenvalue weighted by Crippen LogP contribution is -2.38. The van der Waals surface area contributed by atoms with Crippen LogP contribution < -0.4 is 15.5 Å². The molecule has 0 radical (unpaired) electrons. The van der Waals surface area contributed by atoms with Gasteiger partial charge < -0.3 is 20.6 Å². The highest BCUT2D eigenvalue weighted by Gasteiger charge is 2.07. The van der Waals surface area contributed by atoms with Crippen LogP contribution in [0.1, 0.15) is 45.1 Å². The third-order valence-corrected chi connectivity index (χ3v) is 4.47. The quantitative estimate of drug-likeness (QED) is 0.181. The van der Waals surface area contributed by atoms with Crippen LogP contribution in [0.3, 0.4) is 0 Å². The number of anilines is 1. The molecule has 0 spiro atoms. The summed E-state index contributed by atoms with van der Waals surface area (Å²) in [6.45, 7) is 7.05. The molecule has 27 heavy (non-hydrogen) atoms. The molecule has 0 bridgehead atoms. The van der Waals surface area contributed by atoms with Crippen molar-refractivity contribution in [3.8, 4) is 0 Å². The Kier molecular flexibility index (Phi) is 15.4. The van der Waals surface area contributed by atoms with Crippen molar-refractivity contribution in [1.82, 2.24) is 10.6 Å². The van der Waals surface area contributed by atoms with E-state index in [9.17, 15) is 5.11 Å². The fourth-order valence-electron chi connectivity index (χ4n) is 2.94. The molecule has 0 fully saturated rings. The van der Waals surface area contributed by atoms with Crippen molar-refractivity contribution in [3.05, 3.63) is 29.8 Å². The topological polar surface area (TPSA) is 59.9 Å². The Hall–Kier alpha value is -1.02. The first kappa shape index (κ1) is 26.0. The molecule has 1 aromatic carbocycles. The van der Waals surface area contributed by atoms with E-state index in [1.54, 1.807) is 0 Å². The summed E-state index contributed by atoms with van der Waals surface area (Å²) >= 11 is 0. The van der Waals surface area contributed by atoms with Crippen molar-refractivity contribution in [2.75, 3.05) is 45.2 Å². The predicted molar refractivity (Wildman–Crippen MR) is 129 cm³/mol. The van der Waals surface area contributed by atoms with Crippen LogP contribution in [0.2, 0.25) is 0 Å². The number of nitrogens with one attached hydrogen (secondary N) is 2. The van der Waals surface area contributed by atoms with E-state index in [1.165, 1.54) is 11.3 Å². The number of hydrogen-bond acceptors (Lipinski definition) is 3. The fourth-order valence-corrected chi connectivity index (χ4v) is 2.94. The maximum atomic E-state index is 9.18. The van der Waals surface area contributed by atoms with Gasteiger partial charge in [-0.25, -0.2) is 0 Å². The van der Waals surface area contributed by atoms with Crippen LogP contribution in [0.5, 0.6) is 0 Å². The molecule has 0 heterocycles. The smallest absolute Gasteiger partial charge is 0.191 e. The average molecular weight is 490 g/mol. The summed E-state index contributed by atoms with van der Waals surface area (Å²) in [6, 6.07) is 8.75. The summed E-state index contributed by atoms with van der Waals surface area (Å²) in [4.78, 5) is 6.82. The first-order valence-corrected chi connectivity index (χ1v) is 10.00. The maximum absolute atomic E-state index is 9.18. The Bertz CT molecular complexity index is 499. The van der Waals surface area contributed by atoms with Gasteiger partial charge in [-0.15, -0.1) is 24.0 Å². The molecule has 0 aromatic heterocycles. The molecule has 0 aliphatic heterocycles. The van der Waals surface area contributed by atoms with Crippen LogP contribution in [-0.4, -0.2) is 51.4 Å². The molecule has 6 heteroatoms. The molecule has 0 amide bonds. The first-order chi connectivity index (χ1) is 12.6. The van der Waals surface area contributed by atoms with E-state index >= 15 is 0 Å². The molecule has 1 rings (SSSR count). The third-order valence-electron chi connectivity index (χ3n) is 4.47. The zero-order chi connectivity index (χ0) is 19.2. The van der Waals surface area contributed by atoms with Crippen molar-refractivity contribution in [1.29, 1.82) is 0 Å². The number of nitrogens with zero attached hydrogens (tertiary/aromatic N) is 2. The Balaban J connectivity index is 0.00000676. The molecule has 1 aromatic rings. The van der Waals surface area contributed by atoms with Gasteiger partial charge in [0, 0.05) is 46.0 Å². The second kappa shape index (κ2) is 16.0. The Morgan fingerprint density at radius 1 is 1.11 bits per heavy atom. The minimum Gasteiger partial charge on any atom is -0.396 e. The van der Waals surface area contributed by atoms with E-state index in [0.717, 1.165) is 57.7 Å². The van der Waals surface area contributed by atoms with E-state index in [1.807, 2.05) is 0 Å². The lowest BCUT2D eigenvalue weighted by molar-refractivity contribution is 0.253. The number of hydrogen-bond donors (Lipinski definition) is 3. The number of rotatable bonds is 12. The van der Waals surface area contributed by atoms with Crippen LogP contribution in [0.15, 0.2) is 29.3 Å². The summed E-state index contributed by atoms with van der Waals surface area (Å²) in [5.41, 5.74) is 2.60. The summed E-state index contributed by atoms with van der Waals surface area (Å²) in [6.07, 6.45) is 5.21. The summed E-state index contributed by atoms with van der Waals surface area (Å²) in [5.74, 6) is 1.35. The molecular formula is C21H39IN4O. The van der Waals surface area contributed by atoms with Gasteiger partial charge in [0.2, 0.25) is 0 Å². The van der Waals surface area contributed by atoms with Gasteiger partial charge in [-0.3, -0.25) is 4.99 Å². The van der Waals surface area contributed by atoms with Gasteiger partial charge in [0.15, 0.2) is 5.96 Å². The van der Waals surface area contributed by atoms with E-state index in [4.69, 9.17) is 4.99 Å². The molecule has 0 aliphatic rings. The second-order valence-electron chi connectivity index (χ2n) is 6.98. The Morgan fingerprint density at radius 3 is 2.37 bits per heavy atom. The largest absolute Gasteiger partial charge is 0.396 e. The Labute approximate surface area is 183 Å². The zero-order valence-corrected chi connectivity index (χ0v) is 19.8. The number of benzene rings is 1. The minimum atomic E-state index is 0. The summed E-state index contributed by atoms with van der Waals surface area (Å²) in [5, 5.41) is 15.9. The highest BCUT2D eigenvalue weighted by molar-refractivity contribution is 14.0. The van der Waals surface area contributed by atoms with Gasteiger partial charge in [-0.2, -0.15) is 0 Å². The standard InChI is InChI=1S/C21H38N4O.HI/c1-5-8-19(14-16-26)17-24-21(22-6-2)23-15-7-9-18-10-12-20(13-11-18)25(3)4;/h10-13,19,26H,5-9,14-17H2,1-4H3,(H2,22,23,24);1H. The van der Waals surface area contributed by atoms with E-state index in [2.05, 4.69) is 67.7 Å². The van der Waals surface area contributed by atoms with Gasteiger partial charge in [-0.1, -0.05) is 25.5 Å². The fraction of sp³-hybridized carbons (Fsp3) is 0.667. The zero-order valence-electron chi connectivity index (χ0n) is 17.5. The number of aliphatic hydroxyl groups excluding tert-OH is 1. The molecule has 5 nitrogen and oxygen atoms in total. The normalized spacial score (nSPS) is 12.3. The number of guanidine groups is 1. The summed E-state index contributed by atoms with van der Waals surface area (Å²) < 4.78 is 0. The van der Waals surface area contributed by atoms with E-state index < -0.39 is 0 Å². The lowest BCUT2D eigenvalue weighted by Gasteiger charge is -2.15. The van der Waals surface area contributed by atoms with Gasteiger partial charge in [-0.05, 0) is 56.2 Å². The van der Waals surface area contributed by atoms with Crippen LogP contribution >= 0.6 is 24.0 Å². The average Bonchev–Trinajstić information content (AvgIpc) is 2.63. The monoisotopic (exact) mass is 490 g/mol. The van der Waals surface area contributed by atoms with Crippen molar-refractivity contribution in [3.63, 3.8) is 0 Å². The predicted octanol–water partition coefficient (Wildman–Crippen LogP) is 3.66. The molecule has 1 unspecified atom stereocenters. The van der Waals surface area contributed by atoms with E-state index in [-0.39, 0.29) is 30.6 Å². The minimum absolute atomic E-state index is 0. The molecule has 0 aliphatic carbocycles. The van der Waals surface area contributed by atoms with Gasteiger partial charge in [0.25, 0.3) is 0 Å². The molecule has 156 valence electrons. The van der Waals surface area contributed by atoms with Crippen molar-refractivity contribution >= 4 is 35.6 Å². The summed E-state index contributed by atoms with van der Waals surface area (Å²) in [7, 11) is 4.12. The van der Waals surface area contributed by atoms with Crippen LogP contribution in [0.25, 0.3) is 0 Å². The first-order valence-electron chi connectivity index (χ1n) is 10.00. The number of aliphatic hydroxyl groups is 1. The van der Waals surface area contributed by atoms with Crippen LogP contribution in [0.4, 0.5) is 5.69 Å². The van der Waals surface area contributed by atoms with Gasteiger partial charge >= 0.3 is 0 Å². The maximum Gasteiger partial charge on any atom is 0.191 e. The van der Waals surface area contributed by atoms with Gasteiger partial charge in [0.1, 0.15) is 0 Å². The van der Waals surface area contributed by atoms with E-state index in [0.29, 0.717) is 5.92 Å². The SMILES string of the molecule is CCCC(CCO)CN=C(NCC)NCCCc1ccc(N(C)C)cc1.I. The molecule has 0 saturated carbocycles. The highest BCUT2D eigenvalue weighted by atomic mass is 127. The van der Waals surface area contributed by atoms with Crippen molar-refractivity contribution in [2.45, 2.75) is 46.0 Å². The Morgan fingerprint density at radius 2 is 1.81 bits per heavy atom. The number of halogens is 1. The van der Waals surface area contributed by atoms with Crippen LogP contribution in [-0.2, 0) is 6.42 Å². The van der Waals surface area contributed by atoms with Gasteiger partial charge in [0.05, 0.1) is 0 Å². The lowest BCUT2D eigenvalue weighted by atomic mass is 10.0. The molecular weight excluding hydrogens is 451 g/mol. The van der Waals surface area contributed by atoms with Crippen molar-refractivity contribution < 1.29 is 5.11 Å².